The van der Waals surface area contributed by atoms with E-state index in [-0.39, 0.29) is 5.41 Å². The lowest BCUT2D eigenvalue weighted by Gasteiger charge is -2.30. The monoisotopic (exact) mass is 314 g/mol. The van der Waals surface area contributed by atoms with Crippen LogP contribution in [0.4, 0.5) is 0 Å². The van der Waals surface area contributed by atoms with E-state index in [2.05, 4.69) is 4.90 Å². The quantitative estimate of drug-likeness (QED) is 0.824. The lowest BCUT2D eigenvalue weighted by atomic mass is 9.88. The summed E-state index contributed by atoms with van der Waals surface area (Å²) in [5.41, 5.74) is -0.0911. The highest BCUT2D eigenvalue weighted by Crippen LogP contribution is 2.34. The van der Waals surface area contributed by atoms with Gasteiger partial charge in [-0.1, -0.05) is 0 Å². The molecule has 0 unspecified atom stereocenters. The van der Waals surface area contributed by atoms with Crippen LogP contribution in [0.15, 0.2) is 22.8 Å². The van der Waals surface area contributed by atoms with Gasteiger partial charge in [0.15, 0.2) is 0 Å². The molecule has 3 heterocycles. The Morgan fingerprint density at radius 1 is 1.33 bits per heavy atom. The van der Waals surface area contributed by atoms with Crippen molar-refractivity contribution in [2.24, 2.45) is 5.41 Å². The Morgan fingerprint density at radius 2 is 2.19 bits per heavy atom. The molecule has 2 aliphatic heterocycles. The van der Waals surface area contributed by atoms with Crippen LogP contribution in [0, 0.1) is 5.41 Å². The van der Waals surface area contributed by atoms with Crippen molar-refractivity contribution < 1.29 is 17.6 Å². The van der Waals surface area contributed by atoms with E-state index in [1.165, 1.54) is 6.26 Å². The number of nitrogens with zero attached hydrogens (tertiary/aromatic N) is 2. The fraction of sp³-hybridized carbons (Fsp3) is 0.714. The maximum atomic E-state index is 11.9. The van der Waals surface area contributed by atoms with Gasteiger partial charge in [0.1, 0.15) is 5.76 Å². The molecule has 1 aromatic rings. The highest BCUT2D eigenvalue weighted by molar-refractivity contribution is 7.88. The number of rotatable bonds is 3. The molecule has 2 fully saturated rings. The van der Waals surface area contributed by atoms with Crippen molar-refractivity contribution >= 4 is 10.0 Å². The minimum absolute atomic E-state index is 0.0911. The van der Waals surface area contributed by atoms with Crippen LogP contribution < -0.4 is 0 Å². The van der Waals surface area contributed by atoms with Crippen LogP contribution in [0.1, 0.15) is 12.2 Å². The molecule has 0 radical (unpaired) electrons. The number of furan rings is 1. The summed E-state index contributed by atoms with van der Waals surface area (Å²) in [6.07, 6.45) is 3.92. The first kappa shape index (κ1) is 15.0. The average molecular weight is 314 g/mol. The van der Waals surface area contributed by atoms with Crippen LogP contribution in [0.3, 0.4) is 0 Å². The second-order valence-electron chi connectivity index (χ2n) is 6.19. The molecule has 2 saturated heterocycles. The Kier molecular flexibility index (Phi) is 4.09. The van der Waals surface area contributed by atoms with Gasteiger partial charge in [0.2, 0.25) is 10.0 Å². The van der Waals surface area contributed by atoms with Gasteiger partial charge in [-0.05, 0) is 25.1 Å². The van der Waals surface area contributed by atoms with E-state index in [0.29, 0.717) is 26.3 Å². The summed E-state index contributed by atoms with van der Waals surface area (Å²) in [6, 6.07) is 3.86. The van der Waals surface area contributed by atoms with Crippen molar-refractivity contribution in [3.8, 4) is 0 Å². The summed E-state index contributed by atoms with van der Waals surface area (Å²) < 4.78 is 36.4. The fourth-order valence-corrected chi connectivity index (χ4v) is 4.18. The molecule has 1 atom stereocenters. The first-order valence-electron chi connectivity index (χ1n) is 7.25. The fourth-order valence-electron chi connectivity index (χ4n) is 3.27. The highest BCUT2D eigenvalue weighted by Gasteiger charge is 2.42. The average Bonchev–Trinajstić information content (AvgIpc) is 2.98. The summed E-state index contributed by atoms with van der Waals surface area (Å²) in [6.45, 7) is 4.69. The minimum Gasteiger partial charge on any atom is -0.468 e. The zero-order chi connectivity index (χ0) is 14.9. The van der Waals surface area contributed by atoms with Crippen LogP contribution in [0.2, 0.25) is 0 Å². The predicted octanol–water partition coefficient (Wildman–Crippen LogP) is 0.764. The lowest BCUT2D eigenvalue weighted by molar-refractivity contribution is 0.0716. The molecule has 1 aromatic heterocycles. The molecule has 0 aliphatic carbocycles. The molecule has 0 saturated carbocycles. The van der Waals surface area contributed by atoms with Crippen LogP contribution in [-0.2, 0) is 21.3 Å². The normalized spacial score (nSPS) is 29.0. The number of hydrogen-bond acceptors (Lipinski definition) is 5. The molecule has 1 spiro atoms. The van der Waals surface area contributed by atoms with Gasteiger partial charge in [-0.3, -0.25) is 4.90 Å². The van der Waals surface area contributed by atoms with Crippen LogP contribution in [0.5, 0.6) is 0 Å². The molecule has 3 rings (SSSR count). The Labute approximate surface area is 125 Å². The third kappa shape index (κ3) is 3.48. The van der Waals surface area contributed by atoms with Gasteiger partial charge in [0.25, 0.3) is 0 Å². The molecule has 0 aromatic carbocycles. The Hall–Kier alpha value is -0.890. The van der Waals surface area contributed by atoms with Gasteiger partial charge < -0.3 is 9.15 Å². The zero-order valence-corrected chi connectivity index (χ0v) is 13.1. The third-order valence-electron chi connectivity index (χ3n) is 4.35. The molecule has 21 heavy (non-hydrogen) atoms. The molecule has 7 heteroatoms. The van der Waals surface area contributed by atoms with E-state index in [0.717, 1.165) is 31.8 Å². The lowest BCUT2D eigenvalue weighted by Crippen LogP contribution is -2.42. The number of sulfonamides is 1. The zero-order valence-electron chi connectivity index (χ0n) is 12.3. The third-order valence-corrected chi connectivity index (χ3v) is 5.60. The van der Waals surface area contributed by atoms with Crippen molar-refractivity contribution in [3.05, 3.63) is 24.2 Å². The van der Waals surface area contributed by atoms with Gasteiger partial charge in [-0.2, -0.15) is 4.31 Å². The summed E-state index contributed by atoms with van der Waals surface area (Å²) >= 11 is 0. The first-order chi connectivity index (χ1) is 9.97. The van der Waals surface area contributed by atoms with Gasteiger partial charge >= 0.3 is 0 Å². The van der Waals surface area contributed by atoms with E-state index in [4.69, 9.17) is 9.15 Å². The maximum Gasteiger partial charge on any atom is 0.211 e. The summed E-state index contributed by atoms with van der Waals surface area (Å²) in [4.78, 5) is 2.31. The van der Waals surface area contributed by atoms with Crippen molar-refractivity contribution in [1.29, 1.82) is 0 Å². The Bertz CT molecular complexity index is 572. The Balaban J connectivity index is 1.69. The SMILES string of the molecule is CS(=O)(=O)N1CCOC[C@@]2(CCN(Cc3ccco3)C2)C1. The first-order valence-corrected chi connectivity index (χ1v) is 9.09. The summed E-state index contributed by atoms with van der Waals surface area (Å²) in [7, 11) is -3.16. The van der Waals surface area contributed by atoms with Crippen molar-refractivity contribution in [2.75, 3.05) is 45.6 Å². The Morgan fingerprint density at radius 3 is 2.90 bits per heavy atom. The number of hydrogen-bond donors (Lipinski definition) is 0. The molecule has 0 bridgehead atoms. The van der Waals surface area contributed by atoms with E-state index >= 15 is 0 Å². The van der Waals surface area contributed by atoms with Gasteiger partial charge in [-0.25, -0.2) is 8.42 Å². The second kappa shape index (κ2) is 5.72. The largest absolute Gasteiger partial charge is 0.468 e. The van der Waals surface area contributed by atoms with Crippen molar-refractivity contribution in [3.63, 3.8) is 0 Å². The van der Waals surface area contributed by atoms with Crippen LogP contribution in [0.25, 0.3) is 0 Å². The number of likely N-dealkylation sites (tertiary alicyclic amines) is 1. The molecule has 118 valence electrons. The molecule has 0 N–H and O–H groups in total. The maximum absolute atomic E-state index is 11.9. The van der Waals surface area contributed by atoms with E-state index in [9.17, 15) is 8.42 Å². The predicted molar refractivity (Wildman–Crippen MR) is 78.3 cm³/mol. The summed E-state index contributed by atoms with van der Waals surface area (Å²) in [5, 5.41) is 0. The molecule has 0 amide bonds. The molecular formula is C14H22N2O4S. The van der Waals surface area contributed by atoms with Crippen molar-refractivity contribution in [1.82, 2.24) is 9.21 Å². The molecular weight excluding hydrogens is 292 g/mol. The highest BCUT2D eigenvalue weighted by atomic mass is 32.2. The molecule has 2 aliphatic rings. The van der Waals surface area contributed by atoms with E-state index in [1.54, 1.807) is 10.6 Å². The van der Waals surface area contributed by atoms with Crippen LogP contribution in [-0.4, -0.2) is 63.3 Å². The smallest absolute Gasteiger partial charge is 0.211 e. The van der Waals surface area contributed by atoms with Gasteiger partial charge in [-0.15, -0.1) is 0 Å². The topological polar surface area (TPSA) is 63.0 Å². The van der Waals surface area contributed by atoms with Gasteiger partial charge in [0.05, 0.1) is 32.3 Å². The van der Waals surface area contributed by atoms with E-state index < -0.39 is 10.0 Å². The standard InChI is InChI=1S/C14H22N2O4S/c1-21(17,18)16-6-8-19-12-14(11-16)4-5-15(10-14)9-13-3-2-7-20-13/h2-3,7H,4-6,8-12H2,1H3/t14-/m1/s1. The minimum atomic E-state index is -3.16. The number of ether oxygens (including phenoxy) is 1. The summed E-state index contributed by atoms with van der Waals surface area (Å²) in [5.74, 6) is 0.946. The second-order valence-corrected chi connectivity index (χ2v) is 8.17. The van der Waals surface area contributed by atoms with Crippen LogP contribution >= 0.6 is 0 Å². The van der Waals surface area contributed by atoms with E-state index in [1.807, 2.05) is 12.1 Å². The van der Waals surface area contributed by atoms with Crippen molar-refractivity contribution in [2.45, 2.75) is 13.0 Å². The van der Waals surface area contributed by atoms with Gasteiger partial charge in [0, 0.05) is 25.0 Å². The molecule has 6 nitrogen and oxygen atoms in total.